The smallest absolute Gasteiger partial charge is 0.352 e. The highest BCUT2D eigenvalue weighted by molar-refractivity contribution is 8.00. The minimum absolute atomic E-state index is 0.0359. The van der Waals surface area contributed by atoms with Crippen molar-refractivity contribution >= 4 is 63.8 Å². The summed E-state index contributed by atoms with van der Waals surface area (Å²) in [5, 5.41) is 41.7. The Hall–Kier alpha value is -5.29. The van der Waals surface area contributed by atoms with Crippen LogP contribution in [0, 0.1) is 5.92 Å². The number of nitrogens with zero attached hydrogens (tertiary/aromatic N) is 5. The summed E-state index contributed by atoms with van der Waals surface area (Å²) in [5.74, 6) is -5.10. The summed E-state index contributed by atoms with van der Waals surface area (Å²) < 4.78 is 5.68. The molecule has 1 saturated heterocycles. The first kappa shape index (κ1) is 33.1. The van der Waals surface area contributed by atoms with E-state index in [1.54, 1.807) is 22.9 Å². The first-order chi connectivity index (χ1) is 22.2. The number of amides is 1. The monoisotopic (exact) mass is 681 g/mol. The van der Waals surface area contributed by atoms with Crippen molar-refractivity contribution in [2.24, 2.45) is 11.1 Å². The van der Waals surface area contributed by atoms with Crippen LogP contribution < -0.4 is 10.3 Å². The number of nitrogen functional groups attached to an aromatic ring is 1. The van der Waals surface area contributed by atoms with E-state index < -0.39 is 46.2 Å². The molecule has 1 aromatic carbocycles. The number of thioether (sulfide) groups is 1. The number of aliphatic carboxylic acids is 2. The van der Waals surface area contributed by atoms with Gasteiger partial charge in [0.05, 0.1) is 11.3 Å². The molecule has 2 aliphatic heterocycles. The van der Waals surface area contributed by atoms with Crippen molar-refractivity contribution in [1.82, 2.24) is 14.3 Å². The summed E-state index contributed by atoms with van der Waals surface area (Å²) in [4.78, 5) is 60.6. The average Bonchev–Trinajstić information content (AvgIpc) is 3.46. The van der Waals surface area contributed by atoms with Crippen LogP contribution in [-0.4, -0.2) is 80.8 Å². The van der Waals surface area contributed by atoms with Crippen LogP contribution in [0.4, 0.5) is 5.13 Å². The van der Waals surface area contributed by atoms with E-state index >= 15 is 0 Å². The molecule has 0 spiro atoms. The SMILES string of the molecule is CC(C)(O/N=C(\C(=O)C[C@@H]1C(=O)N2C(C(=O)O)=C(/C=C/c3ccc(C[n+]4ccc(O)c(O)c4)cc3)CS[C@H]12)c1nsc(N)n1)C(=O)O. The fourth-order valence-corrected chi connectivity index (χ4v) is 6.53. The quantitative estimate of drug-likeness (QED) is 0.0798. The number of pyridine rings is 1. The van der Waals surface area contributed by atoms with Gasteiger partial charge in [0.25, 0.3) is 0 Å². The predicted molar refractivity (Wildman–Crippen MR) is 169 cm³/mol. The number of nitrogens with two attached hydrogens (primary N) is 1. The van der Waals surface area contributed by atoms with Gasteiger partial charge in [-0.3, -0.25) is 14.5 Å². The second kappa shape index (κ2) is 13.2. The standard InChI is InChI=1S/C30H28N6O9S2/c1-30(2,28(43)44)45-33-22(24-32-29(31)47-34-24)20(38)11-18-25(40)36-23(27(41)42)17(14-46-26(18)36)8-7-15-3-5-16(6-4-15)12-35-10-9-19(37)21(39)13-35/h3-10,13,18,26H,11-12,14H2,1-2H3,(H5,31,32,34,39,41,42,43,44)/p+1/b8-7+,33-22+/t18-,26-/m1/s1. The summed E-state index contributed by atoms with van der Waals surface area (Å²) in [7, 11) is 0. The summed E-state index contributed by atoms with van der Waals surface area (Å²) in [6.07, 6.45) is 6.06. The Morgan fingerprint density at radius 2 is 1.87 bits per heavy atom. The van der Waals surface area contributed by atoms with Crippen LogP contribution >= 0.6 is 23.3 Å². The van der Waals surface area contributed by atoms with E-state index in [-0.39, 0.29) is 40.3 Å². The van der Waals surface area contributed by atoms with Crippen molar-refractivity contribution in [1.29, 1.82) is 0 Å². The van der Waals surface area contributed by atoms with Crippen molar-refractivity contribution < 1.29 is 49.0 Å². The number of carboxylic acid groups (broad SMARTS) is 2. The Balaban J connectivity index is 1.29. The number of fused-ring (bicyclic) bond motifs is 1. The molecule has 0 bridgehead atoms. The fraction of sp³-hybridized carbons (Fsp3) is 0.267. The molecule has 4 heterocycles. The number of benzene rings is 1. The van der Waals surface area contributed by atoms with Gasteiger partial charge in [-0.15, -0.1) is 11.8 Å². The number of carboxylic acids is 2. The van der Waals surface area contributed by atoms with Gasteiger partial charge in [0, 0.05) is 35.3 Å². The highest BCUT2D eigenvalue weighted by atomic mass is 32.2. The van der Waals surface area contributed by atoms with Crippen molar-refractivity contribution in [3.63, 3.8) is 0 Å². The van der Waals surface area contributed by atoms with Crippen LogP contribution in [0.3, 0.4) is 0 Å². The molecule has 15 nitrogen and oxygen atoms in total. The fourth-order valence-electron chi connectivity index (χ4n) is 4.71. The maximum absolute atomic E-state index is 13.3. The Kier molecular flexibility index (Phi) is 9.30. The molecular formula is C30H29N6O9S2+. The molecule has 1 amide bonds. The number of Topliss-reactive ketones (excluding diaryl/α,β-unsaturated/α-hetero) is 1. The molecule has 47 heavy (non-hydrogen) atoms. The van der Waals surface area contributed by atoms with E-state index in [0.717, 1.165) is 22.7 Å². The molecule has 6 N–H and O–H groups in total. The second-order valence-corrected chi connectivity index (χ2v) is 13.0. The van der Waals surface area contributed by atoms with Crippen molar-refractivity contribution in [2.45, 2.75) is 37.8 Å². The molecule has 0 unspecified atom stereocenters. The number of anilines is 1. The van der Waals surface area contributed by atoms with Crippen LogP contribution in [0.1, 0.15) is 37.2 Å². The first-order valence-electron chi connectivity index (χ1n) is 14.0. The number of hydrogen-bond donors (Lipinski definition) is 5. The molecule has 0 aliphatic carbocycles. The lowest BCUT2D eigenvalue weighted by molar-refractivity contribution is -0.688. The molecule has 0 radical (unpaired) electrons. The first-order valence-corrected chi connectivity index (χ1v) is 15.8. The Labute approximate surface area is 275 Å². The van der Waals surface area contributed by atoms with Gasteiger partial charge in [0.2, 0.25) is 29.3 Å². The molecule has 2 aromatic heterocycles. The van der Waals surface area contributed by atoms with Gasteiger partial charge in [-0.25, -0.2) is 9.59 Å². The van der Waals surface area contributed by atoms with Gasteiger partial charge in [-0.05, 0) is 25.0 Å². The summed E-state index contributed by atoms with van der Waals surface area (Å²) >= 11 is 2.10. The lowest BCUT2D eigenvalue weighted by Crippen LogP contribution is -2.62. The number of oxime groups is 1. The molecule has 1 fully saturated rings. The lowest BCUT2D eigenvalue weighted by Gasteiger charge is -2.49. The van der Waals surface area contributed by atoms with E-state index in [1.807, 2.05) is 24.3 Å². The number of allylic oxidation sites excluding steroid dienone is 1. The summed E-state index contributed by atoms with van der Waals surface area (Å²) in [5.41, 5.74) is 5.43. The second-order valence-electron chi connectivity index (χ2n) is 11.1. The van der Waals surface area contributed by atoms with E-state index in [2.05, 4.69) is 14.5 Å². The highest BCUT2D eigenvalue weighted by Gasteiger charge is 2.54. The van der Waals surface area contributed by atoms with E-state index in [9.17, 15) is 39.6 Å². The number of carbonyl (C=O) groups excluding carboxylic acids is 2. The van der Waals surface area contributed by atoms with Gasteiger partial charge in [0.1, 0.15) is 5.70 Å². The van der Waals surface area contributed by atoms with Crippen LogP contribution in [-0.2, 0) is 30.6 Å². The zero-order chi connectivity index (χ0) is 34.0. The van der Waals surface area contributed by atoms with Crippen molar-refractivity contribution in [3.8, 4) is 11.5 Å². The molecule has 2 atom stereocenters. The highest BCUT2D eigenvalue weighted by Crippen LogP contribution is 2.45. The van der Waals surface area contributed by atoms with Crippen LogP contribution in [0.2, 0.25) is 0 Å². The third kappa shape index (κ3) is 7.10. The number of rotatable bonds is 12. The van der Waals surface area contributed by atoms with Crippen LogP contribution in [0.5, 0.6) is 11.5 Å². The van der Waals surface area contributed by atoms with E-state index in [4.69, 9.17) is 10.6 Å². The van der Waals surface area contributed by atoms with E-state index in [0.29, 0.717) is 12.1 Å². The van der Waals surface area contributed by atoms with E-state index in [1.165, 1.54) is 42.8 Å². The Bertz CT molecular complexity index is 1850. The number of ketones is 1. The van der Waals surface area contributed by atoms with Gasteiger partial charge in [-0.1, -0.05) is 41.6 Å². The van der Waals surface area contributed by atoms with Crippen LogP contribution in [0.25, 0.3) is 6.08 Å². The predicted octanol–water partition coefficient (Wildman–Crippen LogP) is 1.99. The number of hydrogen-bond acceptors (Lipinski definition) is 13. The molecule has 17 heteroatoms. The summed E-state index contributed by atoms with van der Waals surface area (Å²) in [6.45, 7) is 2.92. The minimum atomic E-state index is -1.78. The number of aromatic hydroxyl groups is 2. The van der Waals surface area contributed by atoms with Crippen molar-refractivity contribution in [2.75, 3.05) is 11.5 Å². The molecule has 2 aliphatic rings. The Morgan fingerprint density at radius 1 is 1.15 bits per heavy atom. The van der Waals surface area contributed by atoms with Crippen LogP contribution in [0.15, 0.2) is 65.2 Å². The van der Waals surface area contributed by atoms with Gasteiger partial charge in [-0.2, -0.15) is 13.9 Å². The average molecular weight is 682 g/mol. The largest absolute Gasteiger partial charge is 0.504 e. The maximum Gasteiger partial charge on any atom is 0.352 e. The maximum atomic E-state index is 13.3. The molecule has 0 saturated carbocycles. The number of β-lactam (4-membered cyclic amide) rings is 1. The van der Waals surface area contributed by atoms with Gasteiger partial charge in [0.15, 0.2) is 35.1 Å². The topological polar surface area (TPSA) is 230 Å². The molecular weight excluding hydrogens is 652 g/mol. The zero-order valence-electron chi connectivity index (χ0n) is 24.9. The lowest BCUT2D eigenvalue weighted by atomic mass is 9.89. The summed E-state index contributed by atoms with van der Waals surface area (Å²) in [6, 6.07) is 8.81. The molecule has 5 rings (SSSR count). The minimum Gasteiger partial charge on any atom is -0.504 e. The normalized spacial score (nSPS) is 18.2. The Morgan fingerprint density at radius 3 is 2.49 bits per heavy atom. The van der Waals surface area contributed by atoms with Gasteiger partial charge < -0.3 is 31.0 Å². The zero-order valence-corrected chi connectivity index (χ0v) is 26.6. The number of carbonyl (C=O) groups is 4. The third-order valence-corrected chi connectivity index (χ3v) is 9.21. The van der Waals surface area contributed by atoms with Gasteiger partial charge >= 0.3 is 11.9 Å². The van der Waals surface area contributed by atoms with Crippen molar-refractivity contribution in [3.05, 3.63) is 77.0 Å². The number of aromatic nitrogens is 3. The third-order valence-electron chi connectivity index (χ3n) is 7.31. The molecule has 3 aromatic rings. The molecule has 244 valence electrons.